The molecule has 0 aromatic carbocycles. The van der Waals surface area contributed by atoms with Gasteiger partial charge in [0.05, 0.1) is 5.69 Å². The summed E-state index contributed by atoms with van der Waals surface area (Å²) >= 11 is 0. The second kappa shape index (κ2) is 10.7. The van der Waals surface area contributed by atoms with E-state index in [0.717, 1.165) is 50.1 Å². The Morgan fingerprint density at radius 2 is 1.89 bits per heavy atom. The third-order valence-electron chi connectivity index (χ3n) is 4.95. The highest BCUT2D eigenvalue weighted by Gasteiger charge is 2.26. The summed E-state index contributed by atoms with van der Waals surface area (Å²) in [5.41, 5.74) is 0.958. The average Bonchev–Trinajstić information content (AvgIpc) is 3.06. The Balaban J connectivity index is 0.00000280. The highest BCUT2D eigenvalue weighted by Crippen LogP contribution is 2.12. The number of guanidine groups is 1. The van der Waals surface area contributed by atoms with Gasteiger partial charge in [0.25, 0.3) is 0 Å². The Kier molecular flexibility index (Phi) is 8.67. The summed E-state index contributed by atoms with van der Waals surface area (Å²) in [6, 6.07) is 1.97. The summed E-state index contributed by atoms with van der Waals surface area (Å²) in [6.07, 6.45) is 1.60. The van der Waals surface area contributed by atoms with Crippen molar-refractivity contribution in [2.24, 2.45) is 4.99 Å². The van der Waals surface area contributed by atoms with Crippen molar-refractivity contribution in [1.82, 2.24) is 25.2 Å². The lowest BCUT2D eigenvalue weighted by molar-refractivity contribution is -0.147. The van der Waals surface area contributed by atoms with Crippen molar-refractivity contribution in [3.8, 4) is 0 Å². The van der Waals surface area contributed by atoms with Crippen LogP contribution in [0, 0.1) is 6.92 Å². The van der Waals surface area contributed by atoms with E-state index in [4.69, 9.17) is 4.52 Å². The minimum atomic E-state index is -0.0697. The first kappa shape index (κ1) is 22.6. The smallest absolute Gasteiger partial charge is 0.229 e. The Hall–Kier alpha value is -1.69. The molecule has 0 aliphatic carbocycles. The predicted octanol–water partition coefficient (Wildman–Crippen LogP) is 0.833. The summed E-state index contributed by atoms with van der Waals surface area (Å²) in [5, 5.41) is 7.33. The van der Waals surface area contributed by atoms with Crippen molar-refractivity contribution in [3.63, 3.8) is 0 Å². The number of carbonyl (C=O) groups excluding carboxylic acids is 2. The van der Waals surface area contributed by atoms with Crippen molar-refractivity contribution in [2.75, 3.05) is 46.3 Å². The zero-order valence-corrected chi connectivity index (χ0v) is 18.8. The molecule has 1 N–H and O–H groups in total. The number of aromatic nitrogens is 1. The van der Waals surface area contributed by atoms with E-state index >= 15 is 0 Å². The van der Waals surface area contributed by atoms with Crippen LogP contribution in [0.4, 0.5) is 0 Å². The van der Waals surface area contributed by atoms with Crippen LogP contribution in [-0.2, 0) is 16.1 Å². The molecule has 10 heteroatoms. The van der Waals surface area contributed by atoms with Gasteiger partial charge in [-0.25, -0.2) is 0 Å². The second-order valence-corrected chi connectivity index (χ2v) is 6.96. The van der Waals surface area contributed by atoms with Crippen LogP contribution in [0.5, 0.6) is 0 Å². The molecule has 2 fully saturated rings. The summed E-state index contributed by atoms with van der Waals surface area (Å²) in [7, 11) is 1.75. The van der Waals surface area contributed by atoms with E-state index < -0.39 is 0 Å². The molecule has 28 heavy (non-hydrogen) atoms. The number of amides is 2. The molecule has 0 unspecified atom stereocenters. The van der Waals surface area contributed by atoms with Crippen molar-refractivity contribution in [3.05, 3.63) is 17.5 Å². The molecule has 1 aromatic heterocycles. The van der Waals surface area contributed by atoms with E-state index in [2.05, 4.69) is 25.3 Å². The van der Waals surface area contributed by atoms with Gasteiger partial charge in [-0.1, -0.05) is 5.16 Å². The third-order valence-corrected chi connectivity index (χ3v) is 4.95. The minimum absolute atomic E-state index is 0. The molecule has 2 saturated heterocycles. The first-order valence-electron chi connectivity index (χ1n) is 9.50. The number of hydrogen-bond acceptors (Lipinski definition) is 6. The Labute approximate surface area is 182 Å². The number of nitrogens with zero attached hydrogens (tertiary/aromatic N) is 5. The van der Waals surface area contributed by atoms with Gasteiger partial charge in [0, 0.05) is 71.8 Å². The molecule has 1 aromatic rings. The van der Waals surface area contributed by atoms with Crippen LogP contribution in [0.2, 0.25) is 0 Å². The average molecular weight is 504 g/mol. The fourth-order valence-electron chi connectivity index (χ4n) is 3.50. The quantitative estimate of drug-likeness (QED) is 0.275. The van der Waals surface area contributed by atoms with Crippen LogP contribution < -0.4 is 5.32 Å². The van der Waals surface area contributed by atoms with E-state index in [1.165, 1.54) is 4.90 Å². The highest BCUT2D eigenvalue weighted by atomic mass is 127. The SMILES string of the molecule is CN=C(NCCN1C(=O)CCCC1=O)N1CCN(Cc2cc(C)on2)CC1.I. The number of piperazine rings is 1. The highest BCUT2D eigenvalue weighted by molar-refractivity contribution is 14.0. The number of imide groups is 1. The van der Waals surface area contributed by atoms with Crippen LogP contribution >= 0.6 is 24.0 Å². The van der Waals surface area contributed by atoms with Crippen molar-refractivity contribution in [2.45, 2.75) is 32.7 Å². The number of likely N-dealkylation sites (tertiary alicyclic amines) is 1. The largest absolute Gasteiger partial charge is 0.361 e. The molecule has 2 amide bonds. The van der Waals surface area contributed by atoms with Crippen LogP contribution in [0.3, 0.4) is 0 Å². The lowest BCUT2D eigenvalue weighted by Gasteiger charge is -2.36. The lowest BCUT2D eigenvalue weighted by Crippen LogP contribution is -2.53. The molecule has 0 atom stereocenters. The molecule has 0 spiro atoms. The number of hydrogen-bond donors (Lipinski definition) is 1. The molecule has 2 aliphatic heterocycles. The van der Waals surface area contributed by atoms with Gasteiger partial charge in [0.15, 0.2) is 5.96 Å². The number of aryl methyl sites for hydroxylation is 1. The summed E-state index contributed by atoms with van der Waals surface area (Å²) < 4.78 is 5.12. The van der Waals surface area contributed by atoms with Gasteiger partial charge in [0.2, 0.25) is 11.8 Å². The van der Waals surface area contributed by atoms with Crippen LogP contribution in [0.15, 0.2) is 15.6 Å². The summed E-state index contributed by atoms with van der Waals surface area (Å²) in [5.74, 6) is 1.50. The van der Waals surface area contributed by atoms with Gasteiger partial charge in [-0.15, -0.1) is 24.0 Å². The monoisotopic (exact) mass is 504 g/mol. The maximum atomic E-state index is 11.9. The molecular formula is C18H29IN6O3. The van der Waals surface area contributed by atoms with E-state index in [1.807, 2.05) is 13.0 Å². The van der Waals surface area contributed by atoms with E-state index in [-0.39, 0.29) is 35.8 Å². The first-order valence-corrected chi connectivity index (χ1v) is 9.50. The van der Waals surface area contributed by atoms with Crippen molar-refractivity contribution < 1.29 is 14.1 Å². The zero-order valence-electron chi connectivity index (χ0n) is 16.5. The fourth-order valence-corrected chi connectivity index (χ4v) is 3.50. The number of carbonyl (C=O) groups is 2. The number of aliphatic imine (C=N–C) groups is 1. The molecule has 3 heterocycles. The third kappa shape index (κ3) is 5.90. The Morgan fingerprint density at radius 3 is 2.46 bits per heavy atom. The normalized spacial score (nSPS) is 19.0. The minimum Gasteiger partial charge on any atom is -0.361 e. The maximum absolute atomic E-state index is 11.9. The van der Waals surface area contributed by atoms with Gasteiger partial charge in [-0.3, -0.25) is 24.4 Å². The van der Waals surface area contributed by atoms with Gasteiger partial charge in [-0.05, 0) is 13.3 Å². The summed E-state index contributed by atoms with van der Waals surface area (Å²) in [6.45, 7) is 7.14. The number of rotatable bonds is 5. The van der Waals surface area contributed by atoms with Gasteiger partial charge in [0.1, 0.15) is 5.76 Å². The molecule has 0 bridgehead atoms. The molecule has 0 saturated carbocycles. The van der Waals surface area contributed by atoms with Crippen molar-refractivity contribution >= 4 is 41.8 Å². The van der Waals surface area contributed by atoms with Gasteiger partial charge in [-0.2, -0.15) is 0 Å². The van der Waals surface area contributed by atoms with E-state index in [0.29, 0.717) is 32.4 Å². The molecule has 2 aliphatic rings. The Bertz CT molecular complexity index is 683. The first-order chi connectivity index (χ1) is 13.1. The van der Waals surface area contributed by atoms with E-state index in [1.54, 1.807) is 7.05 Å². The Morgan fingerprint density at radius 1 is 1.21 bits per heavy atom. The van der Waals surface area contributed by atoms with Crippen molar-refractivity contribution in [1.29, 1.82) is 0 Å². The molecule has 3 rings (SSSR count). The predicted molar refractivity (Wildman–Crippen MR) is 115 cm³/mol. The molecular weight excluding hydrogens is 475 g/mol. The number of nitrogens with one attached hydrogen (secondary N) is 1. The summed E-state index contributed by atoms with van der Waals surface area (Å²) in [4.78, 5) is 34.0. The van der Waals surface area contributed by atoms with E-state index in [9.17, 15) is 9.59 Å². The molecule has 9 nitrogen and oxygen atoms in total. The molecule has 0 radical (unpaired) electrons. The van der Waals surface area contributed by atoms with Crippen LogP contribution in [0.1, 0.15) is 30.7 Å². The fraction of sp³-hybridized carbons (Fsp3) is 0.667. The van der Waals surface area contributed by atoms with Gasteiger partial charge >= 0.3 is 0 Å². The second-order valence-electron chi connectivity index (χ2n) is 6.96. The lowest BCUT2D eigenvalue weighted by atomic mass is 10.1. The maximum Gasteiger partial charge on any atom is 0.229 e. The zero-order chi connectivity index (χ0) is 19.2. The molecule has 156 valence electrons. The van der Waals surface area contributed by atoms with Crippen LogP contribution in [-0.4, -0.2) is 83.9 Å². The topological polar surface area (TPSA) is 94.3 Å². The van der Waals surface area contributed by atoms with Gasteiger partial charge < -0.3 is 14.7 Å². The van der Waals surface area contributed by atoms with Crippen LogP contribution in [0.25, 0.3) is 0 Å². The standard InChI is InChI=1S/C18H28N6O3.HI/c1-14-12-15(21-27-14)13-22-8-10-23(11-9-22)18(19-2)20-6-7-24-16(25)4-3-5-17(24)26;/h12H,3-11,13H2,1-2H3,(H,19,20);1H. The number of piperidine rings is 1. The number of halogens is 1.